The molecule has 0 spiro atoms. The molecular weight excluding hydrogens is 396 g/mol. The highest BCUT2D eigenvalue weighted by Crippen LogP contribution is 2.32. The van der Waals surface area contributed by atoms with Crippen molar-refractivity contribution in [2.24, 2.45) is 0 Å². The second-order valence-corrected chi connectivity index (χ2v) is 8.98. The molecule has 5 aromatic carbocycles. The Kier molecular flexibility index (Phi) is 5.67. The van der Waals surface area contributed by atoms with Gasteiger partial charge in [0.25, 0.3) is 0 Å². The monoisotopic (exact) mass is 424 g/mol. The number of rotatable bonds is 4. The summed E-state index contributed by atoms with van der Waals surface area (Å²) in [7, 11) is 0. The average molecular weight is 425 g/mol. The van der Waals surface area contributed by atoms with Gasteiger partial charge in [-0.1, -0.05) is 108 Å². The summed E-state index contributed by atoms with van der Waals surface area (Å²) < 4.78 is 0. The third-order valence-corrected chi connectivity index (χ3v) is 6.24. The molecule has 0 radical (unpaired) electrons. The predicted octanol–water partition coefficient (Wildman–Crippen LogP) is 9.28. The first-order valence-electron chi connectivity index (χ1n) is 11.5. The highest BCUT2D eigenvalue weighted by molar-refractivity contribution is 5.79. The fraction of sp³-hybridized carbons (Fsp3) is 0.0909. The van der Waals surface area contributed by atoms with Crippen molar-refractivity contribution < 1.29 is 0 Å². The van der Waals surface area contributed by atoms with Gasteiger partial charge in [0.2, 0.25) is 0 Å². The third-order valence-electron chi connectivity index (χ3n) is 6.24. The summed E-state index contributed by atoms with van der Waals surface area (Å²) in [6.45, 7) is 6.44. The molecule has 0 unspecified atom stereocenters. The molecule has 33 heavy (non-hydrogen) atoms. The van der Waals surface area contributed by atoms with Crippen LogP contribution in [0.25, 0.3) is 44.5 Å². The van der Waals surface area contributed by atoms with Gasteiger partial charge in [-0.3, -0.25) is 0 Å². The van der Waals surface area contributed by atoms with Crippen molar-refractivity contribution in [1.82, 2.24) is 0 Å². The van der Waals surface area contributed by atoms with Crippen LogP contribution >= 0.6 is 0 Å². The lowest BCUT2D eigenvalue weighted by molar-refractivity contribution is 1.45. The van der Waals surface area contributed by atoms with Crippen molar-refractivity contribution in [3.63, 3.8) is 0 Å². The van der Waals surface area contributed by atoms with Crippen LogP contribution in [-0.4, -0.2) is 0 Å². The van der Waals surface area contributed by atoms with Crippen LogP contribution in [0.15, 0.2) is 115 Å². The predicted molar refractivity (Wildman–Crippen MR) is 142 cm³/mol. The fourth-order valence-electron chi connectivity index (χ4n) is 4.37. The van der Waals surface area contributed by atoms with E-state index in [1.54, 1.807) is 0 Å². The molecular formula is C33H28. The lowest BCUT2D eigenvalue weighted by Crippen LogP contribution is -1.87. The van der Waals surface area contributed by atoms with E-state index in [4.69, 9.17) is 0 Å². The molecule has 0 aliphatic rings. The lowest BCUT2D eigenvalue weighted by Gasteiger charge is -2.12. The molecule has 0 heteroatoms. The van der Waals surface area contributed by atoms with Gasteiger partial charge in [-0.15, -0.1) is 0 Å². The Balaban J connectivity index is 1.53. The zero-order valence-electron chi connectivity index (χ0n) is 19.5. The van der Waals surface area contributed by atoms with Crippen LogP contribution in [0.1, 0.15) is 16.7 Å². The van der Waals surface area contributed by atoms with Crippen molar-refractivity contribution in [2.45, 2.75) is 20.8 Å². The molecule has 0 aliphatic heterocycles. The molecule has 0 bridgehead atoms. The van der Waals surface area contributed by atoms with Gasteiger partial charge in [-0.2, -0.15) is 0 Å². The second kappa shape index (κ2) is 8.92. The third kappa shape index (κ3) is 4.66. The van der Waals surface area contributed by atoms with Crippen LogP contribution in [0, 0.1) is 20.8 Å². The van der Waals surface area contributed by atoms with Gasteiger partial charge >= 0.3 is 0 Å². The van der Waals surface area contributed by atoms with Crippen LogP contribution in [0.3, 0.4) is 0 Å². The number of hydrogen-bond acceptors (Lipinski definition) is 0. The Hall–Kier alpha value is -3.90. The molecule has 0 saturated carbocycles. The molecule has 0 aromatic heterocycles. The Morgan fingerprint density at radius 3 is 1.00 bits per heavy atom. The molecule has 5 aromatic rings. The first kappa shape index (κ1) is 21.0. The van der Waals surface area contributed by atoms with Gasteiger partial charge in [0, 0.05) is 0 Å². The normalized spacial score (nSPS) is 10.9. The number of benzene rings is 5. The van der Waals surface area contributed by atoms with Crippen LogP contribution in [0.5, 0.6) is 0 Å². The first-order valence-corrected chi connectivity index (χ1v) is 11.5. The van der Waals surface area contributed by atoms with E-state index < -0.39 is 0 Å². The number of aryl methyl sites for hydroxylation is 3. The Bertz CT molecular complexity index is 1300. The van der Waals surface area contributed by atoms with Gasteiger partial charge in [0.1, 0.15) is 0 Å². The summed E-state index contributed by atoms with van der Waals surface area (Å²) in [5.41, 5.74) is 13.8. The standard InChI is InChI=1S/C33H28/c1-23-10-14-26(15-11-23)28-6-4-8-30(20-28)32-18-25(3)19-33(22-32)31-9-5-7-29(21-31)27-16-12-24(2)13-17-27/h4-22H,1-3H3. The van der Waals surface area contributed by atoms with E-state index in [0.717, 1.165) is 0 Å². The van der Waals surface area contributed by atoms with E-state index in [9.17, 15) is 0 Å². The summed E-state index contributed by atoms with van der Waals surface area (Å²) >= 11 is 0. The fourth-order valence-corrected chi connectivity index (χ4v) is 4.37. The van der Waals surface area contributed by atoms with Gasteiger partial charge in [-0.25, -0.2) is 0 Å². The van der Waals surface area contributed by atoms with Crippen LogP contribution in [-0.2, 0) is 0 Å². The van der Waals surface area contributed by atoms with Crippen molar-refractivity contribution in [2.75, 3.05) is 0 Å². The highest BCUT2D eigenvalue weighted by atomic mass is 14.1. The van der Waals surface area contributed by atoms with Gasteiger partial charge in [0.15, 0.2) is 0 Å². The number of hydrogen-bond donors (Lipinski definition) is 0. The average Bonchev–Trinajstić information content (AvgIpc) is 2.85. The second-order valence-electron chi connectivity index (χ2n) is 8.98. The molecule has 0 atom stereocenters. The molecule has 0 aliphatic carbocycles. The maximum atomic E-state index is 2.31. The van der Waals surface area contributed by atoms with E-state index in [0.29, 0.717) is 0 Å². The van der Waals surface area contributed by atoms with Crippen molar-refractivity contribution in [3.8, 4) is 44.5 Å². The van der Waals surface area contributed by atoms with E-state index in [-0.39, 0.29) is 0 Å². The lowest BCUT2D eigenvalue weighted by atomic mass is 9.93. The van der Waals surface area contributed by atoms with E-state index >= 15 is 0 Å². The maximum Gasteiger partial charge on any atom is -0.0175 e. The minimum absolute atomic E-state index is 1.24. The molecule has 0 saturated heterocycles. The van der Waals surface area contributed by atoms with Crippen LogP contribution in [0.4, 0.5) is 0 Å². The highest BCUT2D eigenvalue weighted by Gasteiger charge is 2.07. The maximum absolute atomic E-state index is 2.31. The Labute approximate surface area is 197 Å². The molecule has 0 amide bonds. The summed E-state index contributed by atoms with van der Waals surface area (Å²) in [5.74, 6) is 0. The van der Waals surface area contributed by atoms with Crippen molar-refractivity contribution in [3.05, 3.63) is 132 Å². The minimum atomic E-state index is 1.24. The van der Waals surface area contributed by atoms with E-state index in [2.05, 4.69) is 136 Å². The van der Waals surface area contributed by atoms with Crippen molar-refractivity contribution in [1.29, 1.82) is 0 Å². The van der Waals surface area contributed by atoms with Crippen molar-refractivity contribution >= 4 is 0 Å². The van der Waals surface area contributed by atoms with Gasteiger partial charge < -0.3 is 0 Å². The molecule has 0 N–H and O–H groups in total. The SMILES string of the molecule is Cc1ccc(-c2cccc(-c3cc(C)cc(-c4cccc(-c5ccc(C)cc5)c4)c3)c2)cc1. The Morgan fingerprint density at radius 2 is 0.606 bits per heavy atom. The molecule has 160 valence electrons. The smallest absolute Gasteiger partial charge is 0.0175 e. The largest absolute Gasteiger partial charge is 0.0610 e. The van der Waals surface area contributed by atoms with Gasteiger partial charge in [-0.05, 0) is 89.0 Å². The van der Waals surface area contributed by atoms with Crippen LogP contribution < -0.4 is 0 Å². The summed E-state index contributed by atoms with van der Waals surface area (Å²) in [4.78, 5) is 0. The van der Waals surface area contributed by atoms with E-state index in [1.165, 1.54) is 61.2 Å². The zero-order valence-corrected chi connectivity index (χ0v) is 19.5. The molecule has 0 fully saturated rings. The topological polar surface area (TPSA) is 0 Å². The minimum Gasteiger partial charge on any atom is -0.0610 e. The zero-order chi connectivity index (χ0) is 22.8. The molecule has 5 rings (SSSR count). The Morgan fingerprint density at radius 1 is 0.273 bits per heavy atom. The molecule has 0 nitrogen and oxygen atoms in total. The van der Waals surface area contributed by atoms with Gasteiger partial charge in [0.05, 0.1) is 0 Å². The van der Waals surface area contributed by atoms with E-state index in [1.807, 2.05) is 0 Å². The first-order chi connectivity index (χ1) is 16.0. The quantitative estimate of drug-likeness (QED) is 0.270. The summed E-state index contributed by atoms with van der Waals surface area (Å²) in [6, 6.07) is 42.1. The summed E-state index contributed by atoms with van der Waals surface area (Å²) in [5, 5.41) is 0. The molecule has 0 heterocycles. The van der Waals surface area contributed by atoms with Crippen LogP contribution in [0.2, 0.25) is 0 Å². The summed E-state index contributed by atoms with van der Waals surface area (Å²) in [6.07, 6.45) is 0.